The van der Waals surface area contributed by atoms with E-state index in [2.05, 4.69) is 5.32 Å². The molecular weight excluding hydrogens is 217 g/mol. The van der Waals surface area contributed by atoms with Crippen molar-refractivity contribution in [2.75, 3.05) is 5.32 Å². The normalized spacial score (nSPS) is 29.9. The average Bonchev–Trinajstić information content (AvgIpc) is 2.92. The first kappa shape index (κ1) is 10.8. The van der Waals surface area contributed by atoms with Crippen molar-refractivity contribution in [3.8, 4) is 0 Å². The first-order chi connectivity index (χ1) is 8.15. The van der Waals surface area contributed by atoms with Crippen LogP contribution in [0.5, 0.6) is 0 Å². The lowest BCUT2D eigenvalue weighted by Crippen LogP contribution is -2.22. The van der Waals surface area contributed by atoms with Crippen LogP contribution in [0.25, 0.3) is 0 Å². The molecule has 3 rings (SSSR count). The molecule has 0 aromatic heterocycles. The molecule has 2 aliphatic carbocycles. The largest absolute Gasteiger partial charge is 0.326 e. The summed E-state index contributed by atoms with van der Waals surface area (Å²) in [6.45, 7) is 1.69. The van der Waals surface area contributed by atoms with E-state index in [1.165, 1.54) is 12.5 Å². The Kier molecular flexibility index (Phi) is 2.42. The number of benzene rings is 1. The van der Waals surface area contributed by atoms with Crippen LogP contribution in [0.1, 0.15) is 24.8 Å². The van der Waals surface area contributed by atoms with Crippen molar-refractivity contribution in [2.45, 2.75) is 26.2 Å². The highest BCUT2D eigenvalue weighted by Crippen LogP contribution is 2.54. The number of carbonyl (C=O) groups excluding carboxylic acids is 1. The Morgan fingerprint density at radius 3 is 2.71 bits per heavy atom. The number of hydrogen-bond acceptors (Lipinski definition) is 1. The molecule has 0 saturated heterocycles. The summed E-state index contributed by atoms with van der Waals surface area (Å²) < 4.78 is 13.3. The first-order valence-corrected chi connectivity index (χ1v) is 6.21. The molecule has 0 bridgehead atoms. The monoisotopic (exact) mass is 233 g/mol. The fourth-order valence-electron chi connectivity index (χ4n) is 2.91. The van der Waals surface area contributed by atoms with E-state index in [4.69, 9.17) is 0 Å². The van der Waals surface area contributed by atoms with Crippen molar-refractivity contribution >= 4 is 11.6 Å². The molecule has 2 nitrogen and oxygen atoms in total. The maximum absolute atomic E-state index is 13.3. The fraction of sp³-hybridized carbons (Fsp3) is 0.500. The predicted octanol–water partition coefficient (Wildman–Crippen LogP) is 3.12. The number of amides is 1. The van der Waals surface area contributed by atoms with Crippen molar-refractivity contribution in [2.24, 2.45) is 17.8 Å². The van der Waals surface area contributed by atoms with E-state index < -0.39 is 0 Å². The summed E-state index contributed by atoms with van der Waals surface area (Å²) in [4.78, 5) is 12.0. The Morgan fingerprint density at radius 2 is 2.00 bits per heavy atom. The molecule has 2 saturated carbocycles. The van der Waals surface area contributed by atoms with Crippen LogP contribution < -0.4 is 5.32 Å². The Bertz CT molecular complexity index is 461. The van der Waals surface area contributed by atoms with Gasteiger partial charge in [0.15, 0.2) is 0 Å². The van der Waals surface area contributed by atoms with Gasteiger partial charge in [-0.3, -0.25) is 4.79 Å². The Balaban J connectivity index is 1.69. The lowest BCUT2D eigenvalue weighted by atomic mass is 10.0. The number of carbonyl (C=O) groups is 1. The van der Waals surface area contributed by atoms with Gasteiger partial charge in [0, 0.05) is 17.2 Å². The minimum absolute atomic E-state index is 0.0610. The Hall–Kier alpha value is -1.38. The van der Waals surface area contributed by atoms with Gasteiger partial charge in [0.05, 0.1) is 0 Å². The van der Waals surface area contributed by atoms with E-state index in [-0.39, 0.29) is 17.6 Å². The second-order valence-electron chi connectivity index (χ2n) is 5.33. The maximum atomic E-state index is 13.3. The van der Waals surface area contributed by atoms with E-state index in [0.29, 0.717) is 11.3 Å². The second-order valence-corrected chi connectivity index (χ2v) is 5.33. The van der Waals surface area contributed by atoms with Gasteiger partial charge in [0.25, 0.3) is 0 Å². The molecule has 2 fully saturated rings. The molecule has 2 unspecified atom stereocenters. The van der Waals surface area contributed by atoms with Crippen LogP contribution >= 0.6 is 0 Å². The van der Waals surface area contributed by atoms with Crippen LogP contribution in [0, 0.1) is 30.5 Å². The van der Waals surface area contributed by atoms with Gasteiger partial charge in [-0.25, -0.2) is 4.39 Å². The van der Waals surface area contributed by atoms with Crippen molar-refractivity contribution in [3.63, 3.8) is 0 Å². The van der Waals surface area contributed by atoms with E-state index in [0.717, 1.165) is 24.7 Å². The average molecular weight is 233 g/mol. The van der Waals surface area contributed by atoms with Crippen molar-refractivity contribution in [1.29, 1.82) is 0 Å². The summed E-state index contributed by atoms with van der Waals surface area (Å²) in [5, 5.41) is 2.86. The molecule has 2 atom stereocenters. The van der Waals surface area contributed by atoms with Gasteiger partial charge in [-0.1, -0.05) is 6.07 Å². The van der Waals surface area contributed by atoms with Crippen LogP contribution in [0.4, 0.5) is 10.1 Å². The standard InChI is InChI=1S/C14H16FNO/c1-8-12(15)3-2-4-13(8)16-14(17)11-6-9-5-10(9)7-11/h2-4,9-11H,5-7H2,1H3,(H,16,17). The van der Waals surface area contributed by atoms with Gasteiger partial charge in [-0.15, -0.1) is 0 Å². The molecule has 17 heavy (non-hydrogen) atoms. The predicted molar refractivity (Wildman–Crippen MR) is 64.1 cm³/mol. The minimum atomic E-state index is -0.267. The van der Waals surface area contributed by atoms with Gasteiger partial charge in [-0.05, 0) is 50.2 Å². The molecule has 3 heteroatoms. The number of rotatable bonds is 2. The van der Waals surface area contributed by atoms with Crippen LogP contribution in [-0.4, -0.2) is 5.91 Å². The fourth-order valence-corrected chi connectivity index (χ4v) is 2.91. The molecule has 2 aliphatic rings. The topological polar surface area (TPSA) is 29.1 Å². The quantitative estimate of drug-likeness (QED) is 0.835. The van der Waals surface area contributed by atoms with E-state index in [9.17, 15) is 9.18 Å². The third kappa shape index (κ3) is 1.94. The number of halogens is 1. The van der Waals surface area contributed by atoms with Crippen LogP contribution in [0.15, 0.2) is 18.2 Å². The molecule has 0 radical (unpaired) electrons. The number of fused-ring (bicyclic) bond motifs is 1. The molecule has 1 aromatic rings. The lowest BCUT2D eigenvalue weighted by Gasteiger charge is -2.14. The number of hydrogen-bond donors (Lipinski definition) is 1. The highest BCUT2D eigenvalue weighted by molar-refractivity contribution is 5.93. The van der Waals surface area contributed by atoms with Crippen LogP contribution in [0.3, 0.4) is 0 Å². The lowest BCUT2D eigenvalue weighted by molar-refractivity contribution is -0.120. The smallest absolute Gasteiger partial charge is 0.227 e. The summed E-state index contributed by atoms with van der Waals surface area (Å²) in [5.41, 5.74) is 1.12. The molecular formula is C14H16FNO. The second kappa shape index (κ2) is 3.83. The van der Waals surface area contributed by atoms with E-state index >= 15 is 0 Å². The van der Waals surface area contributed by atoms with E-state index in [1.807, 2.05) is 0 Å². The number of nitrogens with one attached hydrogen (secondary N) is 1. The molecule has 0 spiro atoms. The summed E-state index contributed by atoms with van der Waals surface area (Å²) in [6, 6.07) is 4.80. The highest BCUT2D eigenvalue weighted by atomic mass is 19.1. The Morgan fingerprint density at radius 1 is 1.29 bits per heavy atom. The third-order valence-electron chi connectivity index (χ3n) is 4.14. The summed E-state index contributed by atoms with van der Waals surface area (Å²) >= 11 is 0. The zero-order chi connectivity index (χ0) is 12.0. The zero-order valence-electron chi connectivity index (χ0n) is 9.87. The van der Waals surface area contributed by atoms with Crippen molar-refractivity contribution < 1.29 is 9.18 Å². The molecule has 1 N–H and O–H groups in total. The summed E-state index contributed by atoms with van der Waals surface area (Å²) in [7, 11) is 0. The summed E-state index contributed by atoms with van der Waals surface area (Å²) in [6.07, 6.45) is 3.35. The maximum Gasteiger partial charge on any atom is 0.227 e. The minimum Gasteiger partial charge on any atom is -0.326 e. The van der Waals surface area contributed by atoms with Crippen molar-refractivity contribution in [3.05, 3.63) is 29.6 Å². The van der Waals surface area contributed by atoms with Gasteiger partial charge in [-0.2, -0.15) is 0 Å². The Labute approximate surface area is 100 Å². The van der Waals surface area contributed by atoms with Crippen LogP contribution in [0.2, 0.25) is 0 Å². The molecule has 0 heterocycles. The van der Waals surface area contributed by atoms with Gasteiger partial charge in [0.2, 0.25) is 5.91 Å². The van der Waals surface area contributed by atoms with E-state index in [1.54, 1.807) is 19.1 Å². The highest BCUT2D eigenvalue weighted by Gasteiger charge is 2.47. The van der Waals surface area contributed by atoms with Crippen LogP contribution in [-0.2, 0) is 4.79 Å². The van der Waals surface area contributed by atoms with Gasteiger partial charge < -0.3 is 5.32 Å². The molecule has 90 valence electrons. The molecule has 1 aromatic carbocycles. The first-order valence-electron chi connectivity index (χ1n) is 6.21. The van der Waals surface area contributed by atoms with Gasteiger partial charge in [0.1, 0.15) is 5.82 Å². The molecule has 0 aliphatic heterocycles. The van der Waals surface area contributed by atoms with Crippen molar-refractivity contribution in [1.82, 2.24) is 0 Å². The SMILES string of the molecule is Cc1c(F)cccc1NC(=O)C1CC2CC2C1. The zero-order valence-corrected chi connectivity index (χ0v) is 9.87. The third-order valence-corrected chi connectivity index (χ3v) is 4.14. The van der Waals surface area contributed by atoms with Gasteiger partial charge >= 0.3 is 0 Å². The number of anilines is 1. The molecule has 1 amide bonds. The summed E-state index contributed by atoms with van der Waals surface area (Å²) in [5.74, 6) is 1.52.